The third-order valence-electron chi connectivity index (χ3n) is 15.5. The number of carbonyl (C=O) groups is 1. The molecule has 2 aliphatic rings. The van der Waals surface area contributed by atoms with Crippen LogP contribution in [0, 0.1) is 83.1 Å². The Balaban J connectivity index is 0. The highest BCUT2D eigenvalue weighted by atomic mass is 16.7. The maximum atomic E-state index is 12.3. The topological polar surface area (TPSA) is 202 Å². The van der Waals surface area contributed by atoms with Crippen LogP contribution in [0.2, 0.25) is 0 Å². The second kappa shape index (κ2) is 44.4. The van der Waals surface area contributed by atoms with E-state index in [1.54, 1.807) is 20.2 Å². The molecule has 7 aromatic heterocycles. The fourth-order valence-corrected chi connectivity index (χ4v) is 9.88. The van der Waals surface area contributed by atoms with Crippen LogP contribution in [0.1, 0.15) is 222 Å². The minimum atomic E-state index is -0.310. The van der Waals surface area contributed by atoms with E-state index in [0.29, 0.717) is 6.54 Å². The Labute approximate surface area is 564 Å². The van der Waals surface area contributed by atoms with Gasteiger partial charge in [0.1, 0.15) is 5.82 Å². The molecule has 1 fully saturated rings. The monoisotopic (exact) mass is 1290 g/mol. The first kappa shape index (κ1) is 87.9. The third kappa shape index (κ3) is 25.3. The molecule has 9 heterocycles. The van der Waals surface area contributed by atoms with Gasteiger partial charge in [-0.15, -0.1) is 0 Å². The average molecular weight is 1290 g/mol. The Morgan fingerprint density at radius 1 is 0.624 bits per heavy atom. The van der Waals surface area contributed by atoms with Gasteiger partial charge in [0.05, 0.1) is 39.7 Å². The number of rotatable bonds is 9. The van der Waals surface area contributed by atoms with Gasteiger partial charge in [0.15, 0.2) is 0 Å². The molecule has 0 atom stereocenters. The molecule has 1 aromatic carbocycles. The molecule has 93 heavy (non-hydrogen) atoms. The van der Waals surface area contributed by atoms with Gasteiger partial charge < -0.3 is 24.6 Å². The molecule has 0 radical (unpaired) electrons. The molecule has 0 unspecified atom stereocenters. The molecule has 8 aromatic rings. The molecular weight excluding hydrogens is 1160 g/mol. The Morgan fingerprint density at radius 3 is 1.52 bits per heavy atom. The summed E-state index contributed by atoms with van der Waals surface area (Å²) in [5.41, 5.74) is 19.5. The Hall–Kier alpha value is -7.16. The number of hydrogen-bond acceptors (Lipinski definition) is 12. The van der Waals surface area contributed by atoms with Crippen molar-refractivity contribution in [1.29, 1.82) is 0 Å². The Kier molecular flexibility index (Phi) is 42.0. The van der Waals surface area contributed by atoms with Crippen LogP contribution in [0.4, 0.5) is 5.82 Å². The van der Waals surface area contributed by atoms with Gasteiger partial charge in [-0.3, -0.25) is 33.3 Å². The molecule has 19 nitrogen and oxygen atoms in total. The normalized spacial score (nSPS) is 12.4. The average Bonchev–Trinajstić information content (AvgIpc) is 1.67. The van der Waals surface area contributed by atoms with Crippen LogP contribution in [-0.2, 0) is 55.0 Å². The van der Waals surface area contributed by atoms with Crippen molar-refractivity contribution in [2.75, 3.05) is 25.1 Å². The molecule has 2 aliphatic heterocycles. The number of H-pyrrole nitrogens is 1. The predicted octanol–water partition coefficient (Wildman–Crippen LogP) is 15.6. The van der Waals surface area contributed by atoms with Gasteiger partial charge in [0.2, 0.25) is 0 Å². The second-order valence-electron chi connectivity index (χ2n) is 22.1. The number of carbonyl (C=O) groups excluding carboxylic acids is 1. The standard InChI is InChI=1S/C24H29N5O.C13H23BN2O2.C8H14N2.C7H12N2.C6H10N2.C4H6N2.C2H6O.4C2H6.CH4/c1-6-29-17(4)23(16(3)27-29)19-10-11-22(26-15(19)2)28-13-12-18-8-7-9-20(21(18)14-28)24(30)25-5;1-8-16-10(3)11(9(2)15-16)14-17-12(4,5)13(6,7)18-14;1-5-10-8(4)6(2)7(3)9-10;1-4-9-7(3)5-6(2)8-9;1-3-8-5-4-6(2)7-8;1-4-2-3-5-6-4;1-2-3;4*1-2;/h7-11H,6,12-14H2,1-5H3,(H,25,30);8H2,1-7H3;5H2,1-4H3;5H,4H2,1-3H3;4-5H,3H2,1-2H3;2-3H,1H3,(H,5,6);3H,2H2,1H3;4*1-2H3;1H4. The number of hydrogen-bond donors (Lipinski definition) is 3. The highest BCUT2D eigenvalue weighted by Gasteiger charge is 2.53. The molecule has 522 valence electrons. The van der Waals surface area contributed by atoms with E-state index >= 15 is 0 Å². The summed E-state index contributed by atoms with van der Waals surface area (Å²) in [5, 5.41) is 38.7. The number of aromatic amines is 1. The summed E-state index contributed by atoms with van der Waals surface area (Å²) in [6.07, 6.45) is 4.62. The largest absolute Gasteiger partial charge is 0.498 e. The zero-order valence-electron chi connectivity index (χ0n) is 63.2. The molecule has 10 rings (SSSR count). The minimum Gasteiger partial charge on any atom is -0.399 e. The first-order valence-corrected chi connectivity index (χ1v) is 33.8. The number of amides is 1. The second-order valence-corrected chi connectivity index (χ2v) is 22.1. The lowest BCUT2D eigenvalue weighted by molar-refractivity contribution is 0.00578. The summed E-state index contributed by atoms with van der Waals surface area (Å²) in [7, 11) is 1.37. The van der Waals surface area contributed by atoms with Gasteiger partial charge in [0.25, 0.3) is 5.91 Å². The number of aliphatic hydroxyl groups is 1. The molecule has 20 heteroatoms. The number of pyridine rings is 1. The van der Waals surface area contributed by atoms with Crippen molar-refractivity contribution in [1.82, 2.24) is 69.4 Å². The van der Waals surface area contributed by atoms with E-state index < -0.39 is 0 Å². The van der Waals surface area contributed by atoms with Gasteiger partial charge in [-0.25, -0.2) is 4.98 Å². The van der Waals surface area contributed by atoms with Gasteiger partial charge in [-0.05, 0) is 212 Å². The van der Waals surface area contributed by atoms with Gasteiger partial charge >= 0.3 is 7.12 Å². The summed E-state index contributed by atoms with van der Waals surface area (Å²) in [5.74, 6) is 0.916. The van der Waals surface area contributed by atoms with E-state index in [1.165, 1.54) is 33.8 Å². The van der Waals surface area contributed by atoms with Crippen molar-refractivity contribution in [3.05, 3.63) is 146 Å². The number of fused-ring (bicyclic) bond motifs is 1. The molecule has 0 spiro atoms. The predicted molar refractivity (Wildman–Crippen MR) is 393 cm³/mol. The minimum absolute atomic E-state index is 0. The van der Waals surface area contributed by atoms with E-state index in [9.17, 15) is 4.79 Å². The maximum absolute atomic E-state index is 12.3. The lowest BCUT2D eigenvalue weighted by atomic mass is 9.77. The number of benzene rings is 1. The molecule has 3 N–H and O–H groups in total. The van der Waals surface area contributed by atoms with E-state index in [-0.39, 0.29) is 38.3 Å². The van der Waals surface area contributed by atoms with Crippen molar-refractivity contribution in [3.8, 4) is 11.1 Å². The van der Waals surface area contributed by atoms with Crippen LogP contribution in [-0.4, -0.2) is 114 Å². The number of aliphatic hydroxyl groups excluding tert-OH is 1. The summed E-state index contributed by atoms with van der Waals surface area (Å²) in [6, 6.07) is 16.3. The van der Waals surface area contributed by atoms with Crippen LogP contribution < -0.4 is 15.7 Å². The summed E-state index contributed by atoms with van der Waals surface area (Å²) >= 11 is 0. The number of nitrogens with one attached hydrogen (secondary N) is 2. The first-order valence-electron chi connectivity index (χ1n) is 33.8. The van der Waals surface area contributed by atoms with Crippen LogP contribution in [0.3, 0.4) is 0 Å². The molecule has 0 saturated carbocycles. The van der Waals surface area contributed by atoms with E-state index in [0.717, 1.165) is 119 Å². The van der Waals surface area contributed by atoms with Gasteiger partial charge in [-0.2, -0.15) is 30.6 Å². The third-order valence-corrected chi connectivity index (χ3v) is 15.5. The SMILES string of the molecule is C.CC.CC.CC.CC.CCO.CCn1ccc(C)n1.CCn1nc(C)c(-c2ccc(N3CCc4cccc(C(=O)NC)c4C3)nc2C)c1C.CCn1nc(C)c(B2OC(C)(C)C(C)(C)O2)c1C.CCn1nc(C)c(C)c1C.CCn1nc(C)cc1C.Cc1ccn[nH]1. The Bertz CT molecular complexity index is 3310. The van der Waals surface area contributed by atoms with E-state index in [2.05, 4.69) is 188 Å². The lowest BCUT2D eigenvalue weighted by Crippen LogP contribution is -2.41. The zero-order valence-corrected chi connectivity index (χ0v) is 63.2. The lowest BCUT2D eigenvalue weighted by Gasteiger charge is -2.32. The van der Waals surface area contributed by atoms with Crippen LogP contribution in [0.25, 0.3) is 11.1 Å². The first-order chi connectivity index (χ1) is 43.7. The van der Waals surface area contributed by atoms with E-state index in [1.807, 2.05) is 137 Å². The van der Waals surface area contributed by atoms with Gasteiger partial charge in [-0.1, -0.05) is 74.9 Å². The van der Waals surface area contributed by atoms with E-state index in [4.69, 9.17) is 19.4 Å². The molecule has 0 bridgehead atoms. The van der Waals surface area contributed by atoms with Crippen molar-refractivity contribution < 1.29 is 19.2 Å². The van der Waals surface area contributed by atoms with Crippen molar-refractivity contribution in [3.63, 3.8) is 0 Å². The van der Waals surface area contributed by atoms with Crippen molar-refractivity contribution >= 4 is 24.3 Å². The summed E-state index contributed by atoms with van der Waals surface area (Å²) < 4.78 is 22.2. The molecular formula is C73H128BN15O4. The molecule has 0 aliphatic carbocycles. The fourth-order valence-electron chi connectivity index (χ4n) is 9.88. The van der Waals surface area contributed by atoms with Gasteiger partial charge in [0, 0.05) is 128 Å². The number of aryl methyl sites for hydroxylation is 13. The van der Waals surface area contributed by atoms with Crippen LogP contribution in [0.15, 0.2) is 60.9 Å². The fraction of sp³-hybridized carbons (Fsp3) is 0.589. The van der Waals surface area contributed by atoms with Crippen molar-refractivity contribution in [2.45, 2.75) is 272 Å². The molecule has 1 amide bonds. The van der Waals surface area contributed by atoms with Crippen LogP contribution >= 0.6 is 0 Å². The number of anilines is 1. The highest BCUT2D eigenvalue weighted by Crippen LogP contribution is 2.37. The smallest absolute Gasteiger partial charge is 0.399 e. The summed E-state index contributed by atoms with van der Waals surface area (Å²) in [4.78, 5) is 19.5. The quantitative estimate of drug-likeness (QED) is 0.116. The Morgan fingerprint density at radius 2 is 1.15 bits per heavy atom. The highest BCUT2D eigenvalue weighted by molar-refractivity contribution is 6.63. The van der Waals surface area contributed by atoms with Crippen LogP contribution in [0.5, 0.6) is 0 Å². The number of aromatic nitrogens is 13. The van der Waals surface area contributed by atoms with Crippen molar-refractivity contribution in [2.24, 2.45) is 0 Å². The number of nitrogens with zero attached hydrogens (tertiary/aromatic N) is 13. The summed E-state index contributed by atoms with van der Waals surface area (Å²) in [6.45, 7) is 67.6. The zero-order chi connectivity index (χ0) is 70.8. The maximum Gasteiger partial charge on any atom is 0.498 e. The molecule has 1 saturated heterocycles.